The highest BCUT2D eigenvalue weighted by Gasteiger charge is 2.21. The van der Waals surface area contributed by atoms with E-state index in [9.17, 15) is 17.6 Å². The normalized spacial score (nSPS) is 15.7. The average molecular weight is 468 g/mol. The van der Waals surface area contributed by atoms with Gasteiger partial charge in [-0.3, -0.25) is 9.69 Å². The quantitative estimate of drug-likeness (QED) is 0.554. The molecule has 1 aliphatic heterocycles. The van der Waals surface area contributed by atoms with E-state index in [1.807, 2.05) is 24.3 Å². The molecule has 1 saturated heterocycles. The van der Waals surface area contributed by atoms with E-state index in [0.29, 0.717) is 6.42 Å². The summed E-state index contributed by atoms with van der Waals surface area (Å²) in [6.45, 7) is 2.83. The number of amides is 1. The van der Waals surface area contributed by atoms with Crippen molar-refractivity contribution in [1.29, 1.82) is 0 Å². The minimum absolute atomic E-state index is 0.00344. The monoisotopic (exact) mass is 467 g/mol. The first kappa shape index (κ1) is 23.7. The number of likely N-dealkylation sites (tertiary alicyclic amines) is 1. The molecule has 0 radical (unpaired) electrons. The molecule has 1 aliphatic rings. The van der Waals surface area contributed by atoms with Crippen molar-refractivity contribution in [3.63, 3.8) is 0 Å². The van der Waals surface area contributed by atoms with E-state index in [1.165, 1.54) is 17.7 Å². The highest BCUT2D eigenvalue weighted by atomic mass is 35.5. The van der Waals surface area contributed by atoms with Gasteiger partial charge in [-0.15, -0.1) is 0 Å². The van der Waals surface area contributed by atoms with Crippen molar-refractivity contribution in [3.8, 4) is 0 Å². The Morgan fingerprint density at radius 3 is 2.35 bits per heavy atom. The fraction of sp³-hybridized carbons (Fsp3) is 0.409. The van der Waals surface area contributed by atoms with Gasteiger partial charge in [-0.1, -0.05) is 23.7 Å². The number of benzene rings is 2. The zero-order valence-corrected chi connectivity index (χ0v) is 18.8. The van der Waals surface area contributed by atoms with Crippen molar-refractivity contribution in [1.82, 2.24) is 14.9 Å². The number of sulfonamides is 1. The van der Waals surface area contributed by atoms with Crippen LogP contribution in [-0.2, 0) is 21.4 Å². The summed E-state index contributed by atoms with van der Waals surface area (Å²) in [5, 5.41) is 3.77. The summed E-state index contributed by atoms with van der Waals surface area (Å²) in [7, 11) is -3.70. The molecule has 0 unspecified atom stereocenters. The van der Waals surface area contributed by atoms with Crippen molar-refractivity contribution in [2.75, 3.05) is 19.6 Å². The van der Waals surface area contributed by atoms with E-state index < -0.39 is 15.8 Å². The van der Waals surface area contributed by atoms with Crippen LogP contribution < -0.4 is 10.0 Å². The Hall–Kier alpha value is -2.00. The van der Waals surface area contributed by atoms with Crippen LogP contribution in [0.2, 0.25) is 5.02 Å². The van der Waals surface area contributed by atoms with Gasteiger partial charge in [0, 0.05) is 43.7 Å². The summed E-state index contributed by atoms with van der Waals surface area (Å²) in [5.74, 6) is -0.566. The summed E-state index contributed by atoms with van der Waals surface area (Å²) in [6.07, 6.45) is 2.41. The van der Waals surface area contributed by atoms with Crippen LogP contribution in [0.15, 0.2) is 53.4 Å². The number of carbonyl (C=O) groups excluding carboxylic acids is 1. The molecule has 0 bridgehead atoms. The molecule has 2 aromatic carbocycles. The number of carbonyl (C=O) groups is 1. The molecule has 1 heterocycles. The van der Waals surface area contributed by atoms with Gasteiger partial charge in [-0.2, -0.15) is 0 Å². The van der Waals surface area contributed by atoms with Crippen LogP contribution in [-0.4, -0.2) is 44.9 Å². The van der Waals surface area contributed by atoms with Crippen LogP contribution in [0.25, 0.3) is 0 Å². The second kappa shape index (κ2) is 11.0. The maximum atomic E-state index is 12.9. The number of halogens is 2. The Morgan fingerprint density at radius 1 is 1.06 bits per heavy atom. The molecule has 9 heteroatoms. The maximum absolute atomic E-state index is 12.9. The van der Waals surface area contributed by atoms with E-state index in [0.717, 1.165) is 49.6 Å². The Morgan fingerprint density at radius 2 is 1.71 bits per heavy atom. The van der Waals surface area contributed by atoms with Gasteiger partial charge in [0.1, 0.15) is 5.82 Å². The van der Waals surface area contributed by atoms with Gasteiger partial charge in [0.2, 0.25) is 15.9 Å². The lowest BCUT2D eigenvalue weighted by atomic mass is 10.0. The van der Waals surface area contributed by atoms with Crippen LogP contribution in [0.3, 0.4) is 0 Å². The Kier molecular flexibility index (Phi) is 8.43. The van der Waals surface area contributed by atoms with Crippen LogP contribution in [0.5, 0.6) is 0 Å². The second-order valence-corrected chi connectivity index (χ2v) is 9.90. The molecule has 0 aliphatic carbocycles. The smallest absolute Gasteiger partial charge is 0.240 e. The zero-order valence-electron chi connectivity index (χ0n) is 17.2. The lowest BCUT2D eigenvalue weighted by Gasteiger charge is -2.32. The molecule has 31 heavy (non-hydrogen) atoms. The molecule has 0 atom stereocenters. The third kappa shape index (κ3) is 7.57. The summed E-state index contributed by atoms with van der Waals surface area (Å²) in [5.41, 5.74) is 1.22. The first-order chi connectivity index (χ1) is 14.8. The average Bonchev–Trinajstić information content (AvgIpc) is 2.75. The van der Waals surface area contributed by atoms with Crippen molar-refractivity contribution in [2.24, 2.45) is 0 Å². The van der Waals surface area contributed by atoms with Crippen LogP contribution in [0.1, 0.15) is 31.2 Å². The Bertz CT molecular complexity index is 961. The topological polar surface area (TPSA) is 78.5 Å². The van der Waals surface area contributed by atoms with Gasteiger partial charge in [-0.25, -0.2) is 17.5 Å². The SMILES string of the molecule is O=C(CCCNS(=O)(=O)c1ccc(F)cc1)NC1CCN(Cc2ccc(Cl)cc2)CC1. The first-order valence-electron chi connectivity index (χ1n) is 10.3. The molecule has 2 N–H and O–H groups in total. The van der Waals surface area contributed by atoms with Gasteiger partial charge in [0.15, 0.2) is 0 Å². The molecule has 1 amide bonds. The van der Waals surface area contributed by atoms with E-state index >= 15 is 0 Å². The number of nitrogens with one attached hydrogen (secondary N) is 2. The molecule has 2 aromatic rings. The first-order valence-corrected chi connectivity index (χ1v) is 12.2. The third-order valence-electron chi connectivity index (χ3n) is 5.27. The van der Waals surface area contributed by atoms with E-state index in [4.69, 9.17) is 11.6 Å². The molecular formula is C22H27ClFN3O3S. The van der Waals surface area contributed by atoms with Crippen LogP contribution in [0, 0.1) is 5.82 Å². The maximum Gasteiger partial charge on any atom is 0.240 e. The highest BCUT2D eigenvalue weighted by molar-refractivity contribution is 7.89. The van der Waals surface area contributed by atoms with Gasteiger partial charge in [-0.05, 0) is 61.2 Å². The highest BCUT2D eigenvalue weighted by Crippen LogP contribution is 2.16. The number of piperidine rings is 1. The Labute approximate surface area is 187 Å². The van der Waals surface area contributed by atoms with Gasteiger partial charge in [0.25, 0.3) is 0 Å². The summed E-state index contributed by atoms with van der Waals surface area (Å²) in [6, 6.07) is 12.6. The number of hydrogen-bond donors (Lipinski definition) is 2. The molecule has 168 valence electrons. The van der Waals surface area contributed by atoms with Crippen molar-refractivity contribution in [3.05, 3.63) is 64.9 Å². The van der Waals surface area contributed by atoms with E-state index in [1.54, 1.807) is 0 Å². The predicted molar refractivity (Wildman–Crippen MR) is 119 cm³/mol. The fourth-order valence-electron chi connectivity index (χ4n) is 3.54. The second-order valence-electron chi connectivity index (χ2n) is 7.70. The largest absolute Gasteiger partial charge is 0.353 e. The van der Waals surface area contributed by atoms with Crippen molar-refractivity contribution >= 4 is 27.5 Å². The van der Waals surface area contributed by atoms with Gasteiger partial charge < -0.3 is 5.32 Å². The van der Waals surface area contributed by atoms with Gasteiger partial charge >= 0.3 is 0 Å². The lowest BCUT2D eigenvalue weighted by molar-refractivity contribution is -0.122. The standard InChI is InChI=1S/C22H27ClFN3O3S/c23-18-5-3-17(4-6-18)16-27-14-11-20(12-15-27)26-22(28)2-1-13-25-31(29,30)21-9-7-19(24)8-10-21/h3-10,20,25H,1-2,11-16H2,(H,26,28). The third-order valence-corrected chi connectivity index (χ3v) is 7.00. The fourth-order valence-corrected chi connectivity index (χ4v) is 4.74. The molecule has 6 nitrogen and oxygen atoms in total. The van der Waals surface area contributed by atoms with E-state index in [2.05, 4.69) is 14.9 Å². The van der Waals surface area contributed by atoms with Crippen LogP contribution in [0.4, 0.5) is 4.39 Å². The number of nitrogens with zero attached hydrogens (tertiary/aromatic N) is 1. The van der Waals surface area contributed by atoms with Crippen molar-refractivity contribution in [2.45, 2.75) is 43.2 Å². The van der Waals surface area contributed by atoms with E-state index in [-0.39, 0.29) is 29.8 Å². The summed E-state index contributed by atoms with van der Waals surface area (Å²) < 4.78 is 39.6. The summed E-state index contributed by atoms with van der Waals surface area (Å²) in [4.78, 5) is 14.6. The number of rotatable bonds is 9. The molecule has 0 aromatic heterocycles. The Balaban J connectivity index is 1.32. The molecule has 3 rings (SSSR count). The molecule has 0 spiro atoms. The predicted octanol–water partition coefficient (Wildman–Crippen LogP) is 3.32. The minimum atomic E-state index is -3.70. The van der Waals surface area contributed by atoms with Crippen molar-refractivity contribution < 1.29 is 17.6 Å². The zero-order chi connectivity index (χ0) is 22.3. The van der Waals surface area contributed by atoms with Crippen LogP contribution >= 0.6 is 11.6 Å². The number of hydrogen-bond acceptors (Lipinski definition) is 4. The molecular weight excluding hydrogens is 441 g/mol. The minimum Gasteiger partial charge on any atom is -0.353 e. The molecule has 0 saturated carbocycles. The summed E-state index contributed by atoms with van der Waals surface area (Å²) >= 11 is 5.92. The lowest BCUT2D eigenvalue weighted by Crippen LogP contribution is -2.44. The van der Waals surface area contributed by atoms with Gasteiger partial charge in [0.05, 0.1) is 4.90 Å². The molecule has 1 fully saturated rings.